The maximum Gasteiger partial charge on any atom is 0.318 e. The molecule has 124 valence electrons. The zero-order valence-corrected chi connectivity index (χ0v) is 14.3. The molecule has 2 amide bonds. The fraction of sp³-hybridized carbons (Fsp3) is 0.867. The van der Waals surface area contributed by atoms with Crippen molar-refractivity contribution < 1.29 is 14.7 Å². The summed E-state index contributed by atoms with van der Waals surface area (Å²) in [6.45, 7) is 14.7. The number of hydrogen-bond donors (Lipinski definition) is 2. The van der Waals surface area contributed by atoms with Gasteiger partial charge in [0.15, 0.2) is 0 Å². The molecule has 0 aromatic carbocycles. The molecule has 6 heteroatoms. The highest BCUT2D eigenvalue weighted by Gasteiger charge is 2.27. The Kier molecular flexibility index (Phi) is 8.32. The van der Waals surface area contributed by atoms with Crippen molar-refractivity contribution in [2.75, 3.05) is 26.2 Å². The first-order valence-corrected chi connectivity index (χ1v) is 7.64. The molecule has 0 aromatic heterocycles. The van der Waals surface area contributed by atoms with Gasteiger partial charge in [0.25, 0.3) is 0 Å². The number of carbonyl (C=O) groups excluding carboxylic acids is 1. The molecule has 0 aliphatic heterocycles. The average Bonchev–Trinajstić information content (AvgIpc) is 2.33. The third-order valence-corrected chi connectivity index (χ3v) is 3.40. The smallest absolute Gasteiger partial charge is 0.318 e. The van der Waals surface area contributed by atoms with E-state index < -0.39 is 11.5 Å². The molecule has 1 unspecified atom stereocenters. The van der Waals surface area contributed by atoms with Crippen LogP contribution in [0.4, 0.5) is 4.79 Å². The van der Waals surface area contributed by atoms with Crippen LogP contribution in [0.3, 0.4) is 0 Å². The number of carbonyl (C=O) groups is 2. The molecule has 0 rings (SSSR count). The van der Waals surface area contributed by atoms with Crippen molar-refractivity contribution in [2.45, 2.75) is 59.5 Å². The van der Waals surface area contributed by atoms with Crippen molar-refractivity contribution in [3.05, 3.63) is 0 Å². The first-order chi connectivity index (χ1) is 9.61. The topological polar surface area (TPSA) is 72.9 Å². The van der Waals surface area contributed by atoms with Crippen LogP contribution >= 0.6 is 0 Å². The highest BCUT2D eigenvalue weighted by atomic mass is 16.4. The van der Waals surface area contributed by atoms with Crippen LogP contribution < -0.4 is 5.32 Å². The van der Waals surface area contributed by atoms with Crippen molar-refractivity contribution in [3.8, 4) is 0 Å². The second kappa shape index (κ2) is 8.87. The van der Waals surface area contributed by atoms with Gasteiger partial charge in [-0.05, 0) is 40.8 Å². The standard InChI is InChI=1S/C15H31N3O3/c1-7-17(8-2)11-12(3)16-14(21)18(15(4,5)6)10-9-13(19)20/h12H,7-11H2,1-6H3,(H,16,21)(H,19,20). The van der Waals surface area contributed by atoms with E-state index in [-0.39, 0.29) is 25.0 Å². The van der Waals surface area contributed by atoms with E-state index in [4.69, 9.17) is 5.11 Å². The number of likely N-dealkylation sites (N-methyl/N-ethyl adjacent to an activating group) is 1. The summed E-state index contributed by atoms with van der Waals surface area (Å²) in [4.78, 5) is 26.9. The quantitative estimate of drug-likeness (QED) is 0.719. The number of hydrogen-bond acceptors (Lipinski definition) is 3. The van der Waals surface area contributed by atoms with Crippen LogP contribution in [0.25, 0.3) is 0 Å². The van der Waals surface area contributed by atoms with Crippen molar-refractivity contribution in [2.24, 2.45) is 0 Å². The summed E-state index contributed by atoms with van der Waals surface area (Å²) in [5.41, 5.74) is -0.408. The number of carboxylic acids is 1. The van der Waals surface area contributed by atoms with Crippen LogP contribution in [0, 0.1) is 0 Å². The Hall–Kier alpha value is -1.30. The second-order valence-electron chi connectivity index (χ2n) is 6.30. The normalized spacial score (nSPS) is 13.1. The minimum atomic E-state index is -0.895. The molecule has 0 aliphatic carbocycles. The Labute approximate surface area is 128 Å². The van der Waals surface area contributed by atoms with Gasteiger partial charge in [0, 0.05) is 24.7 Å². The molecular formula is C15H31N3O3. The lowest BCUT2D eigenvalue weighted by Crippen LogP contribution is -2.54. The van der Waals surface area contributed by atoms with E-state index in [1.54, 1.807) is 4.90 Å². The summed E-state index contributed by atoms with van der Waals surface area (Å²) >= 11 is 0. The first-order valence-electron chi connectivity index (χ1n) is 7.64. The molecule has 0 heterocycles. The molecule has 0 saturated carbocycles. The molecule has 21 heavy (non-hydrogen) atoms. The van der Waals surface area contributed by atoms with Crippen LogP contribution in [-0.2, 0) is 4.79 Å². The third-order valence-electron chi connectivity index (χ3n) is 3.40. The molecule has 2 N–H and O–H groups in total. The molecular weight excluding hydrogens is 270 g/mol. The van der Waals surface area contributed by atoms with Gasteiger partial charge in [-0.25, -0.2) is 4.79 Å². The van der Waals surface area contributed by atoms with Crippen molar-refractivity contribution in [1.82, 2.24) is 15.1 Å². The maximum absolute atomic E-state index is 12.4. The van der Waals surface area contributed by atoms with Gasteiger partial charge in [0.05, 0.1) is 6.42 Å². The molecule has 0 aliphatic rings. The maximum atomic E-state index is 12.4. The van der Waals surface area contributed by atoms with Crippen molar-refractivity contribution in [1.29, 1.82) is 0 Å². The predicted molar refractivity (Wildman–Crippen MR) is 84.5 cm³/mol. The molecule has 6 nitrogen and oxygen atoms in total. The van der Waals surface area contributed by atoms with Gasteiger partial charge < -0.3 is 20.2 Å². The Bertz CT molecular complexity index is 336. The summed E-state index contributed by atoms with van der Waals surface area (Å²) in [7, 11) is 0. The fourth-order valence-corrected chi connectivity index (χ4v) is 2.15. The summed E-state index contributed by atoms with van der Waals surface area (Å²) in [6, 6.07) is -0.185. The molecule has 0 spiro atoms. The van der Waals surface area contributed by atoms with E-state index in [1.165, 1.54) is 0 Å². The van der Waals surface area contributed by atoms with Crippen LogP contribution in [0.15, 0.2) is 0 Å². The van der Waals surface area contributed by atoms with E-state index in [9.17, 15) is 9.59 Å². The number of nitrogens with zero attached hydrogens (tertiary/aromatic N) is 2. The zero-order valence-electron chi connectivity index (χ0n) is 14.3. The fourth-order valence-electron chi connectivity index (χ4n) is 2.15. The Balaban J connectivity index is 4.63. The Morgan fingerprint density at radius 2 is 1.71 bits per heavy atom. The number of urea groups is 1. The van der Waals surface area contributed by atoms with Gasteiger partial charge in [0.1, 0.15) is 0 Å². The predicted octanol–water partition coefficient (Wildman–Crippen LogP) is 2.00. The minimum Gasteiger partial charge on any atom is -0.481 e. The molecule has 0 bridgehead atoms. The Morgan fingerprint density at radius 1 is 1.19 bits per heavy atom. The summed E-state index contributed by atoms with van der Waals surface area (Å²) in [6.07, 6.45) is -0.0465. The van der Waals surface area contributed by atoms with Crippen LogP contribution in [-0.4, -0.2) is 64.7 Å². The SMILES string of the molecule is CCN(CC)CC(C)NC(=O)N(CCC(=O)O)C(C)(C)C. The number of rotatable bonds is 8. The number of aliphatic carboxylic acids is 1. The molecule has 1 atom stereocenters. The average molecular weight is 301 g/mol. The van der Waals surface area contributed by atoms with Gasteiger partial charge in [-0.1, -0.05) is 13.8 Å². The monoisotopic (exact) mass is 301 g/mol. The van der Waals surface area contributed by atoms with Gasteiger partial charge in [-0.3, -0.25) is 4.79 Å². The molecule has 0 radical (unpaired) electrons. The zero-order chi connectivity index (χ0) is 16.6. The van der Waals surface area contributed by atoms with E-state index >= 15 is 0 Å². The van der Waals surface area contributed by atoms with E-state index in [1.807, 2.05) is 27.7 Å². The van der Waals surface area contributed by atoms with E-state index in [0.717, 1.165) is 19.6 Å². The molecule has 0 fully saturated rings. The lowest BCUT2D eigenvalue weighted by molar-refractivity contribution is -0.137. The highest BCUT2D eigenvalue weighted by Crippen LogP contribution is 2.14. The van der Waals surface area contributed by atoms with Crippen molar-refractivity contribution >= 4 is 12.0 Å². The lowest BCUT2D eigenvalue weighted by Gasteiger charge is -2.36. The highest BCUT2D eigenvalue weighted by molar-refractivity contribution is 5.76. The van der Waals surface area contributed by atoms with E-state index in [0.29, 0.717) is 0 Å². The Morgan fingerprint density at radius 3 is 2.10 bits per heavy atom. The van der Waals surface area contributed by atoms with Crippen LogP contribution in [0.1, 0.15) is 48.0 Å². The summed E-state index contributed by atoms with van der Waals surface area (Å²) in [5.74, 6) is -0.895. The van der Waals surface area contributed by atoms with Crippen LogP contribution in [0.5, 0.6) is 0 Å². The van der Waals surface area contributed by atoms with Gasteiger partial charge in [0.2, 0.25) is 0 Å². The number of amides is 2. The third kappa shape index (κ3) is 7.90. The molecule has 0 aromatic rings. The number of nitrogens with one attached hydrogen (secondary N) is 1. The summed E-state index contributed by atoms with van der Waals surface area (Å²) in [5, 5.41) is 11.8. The van der Waals surface area contributed by atoms with Gasteiger partial charge in [-0.2, -0.15) is 0 Å². The minimum absolute atomic E-state index is 0.0204. The lowest BCUT2D eigenvalue weighted by atomic mass is 10.1. The van der Waals surface area contributed by atoms with Gasteiger partial charge in [-0.15, -0.1) is 0 Å². The number of carboxylic acid groups (broad SMARTS) is 1. The molecule has 0 saturated heterocycles. The second-order valence-corrected chi connectivity index (χ2v) is 6.30. The first kappa shape index (κ1) is 19.7. The summed E-state index contributed by atoms with van der Waals surface area (Å²) < 4.78 is 0. The van der Waals surface area contributed by atoms with Crippen LogP contribution in [0.2, 0.25) is 0 Å². The van der Waals surface area contributed by atoms with E-state index in [2.05, 4.69) is 24.1 Å². The largest absolute Gasteiger partial charge is 0.481 e. The van der Waals surface area contributed by atoms with Crippen molar-refractivity contribution in [3.63, 3.8) is 0 Å². The van der Waals surface area contributed by atoms with Gasteiger partial charge >= 0.3 is 12.0 Å².